The maximum atomic E-state index is 12.4. The number of H-pyrrole nitrogens is 1. The number of ether oxygens (including phenoxy) is 1. The van der Waals surface area contributed by atoms with Gasteiger partial charge in [0.15, 0.2) is 5.69 Å². The van der Waals surface area contributed by atoms with Crippen molar-refractivity contribution >= 4 is 16.7 Å². The van der Waals surface area contributed by atoms with Gasteiger partial charge in [-0.3, -0.25) is 9.59 Å². The fourth-order valence-electron chi connectivity index (χ4n) is 2.23. The number of hydrogen-bond donors (Lipinski definition) is 2. The highest BCUT2D eigenvalue weighted by molar-refractivity contribution is 6.04. The van der Waals surface area contributed by atoms with E-state index in [0.29, 0.717) is 23.2 Å². The molecule has 0 saturated carbocycles. The van der Waals surface area contributed by atoms with Crippen LogP contribution in [0, 0.1) is 0 Å². The van der Waals surface area contributed by atoms with Crippen LogP contribution >= 0.6 is 0 Å². The van der Waals surface area contributed by atoms with Crippen molar-refractivity contribution in [1.29, 1.82) is 0 Å². The fraction of sp³-hybridized carbons (Fsp3) is 0.125. The Morgan fingerprint density at radius 1 is 1.26 bits per heavy atom. The van der Waals surface area contributed by atoms with Crippen molar-refractivity contribution < 1.29 is 9.53 Å². The Morgan fingerprint density at radius 3 is 2.83 bits per heavy atom. The molecule has 0 aliphatic heterocycles. The number of aromatic nitrogens is 3. The second kappa shape index (κ2) is 6.27. The van der Waals surface area contributed by atoms with Crippen molar-refractivity contribution in [2.75, 3.05) is 7.11 Å². The van der Waals surface area contributed by atoms with Gasteiger partial charge in [0.05, 0.1) is 12.5 Å². The summed E-state index contributed by atoms with van der Waals surface area (Å²) >= 11 is 0. The molecule has 7 nitrogen and oxygen atoms in total. The maximum absolute atomic E-state index is 12.4. The van der Waals surface area contributed by atoms with Crippen molar-refractivity contribution in [3.63, 3.8) is 0 Å². The third kappa shape index (κ3) is 3.03. The highest BCUT2D eigenvalue weighted by Crippen LogP contribution is 2.13. The summed E-state index contributed by atoms with van der Waals surface area (Å²) in [5, 5.41) is 9.92. The summed E-state index contributed by atoms with van der Waals surface area (Å²) in [5.41, 5.74) is 0.705. The largest absolute Gasteiger partial charge is 0.481 e. The molecule has 0 bridgehead atoms. The standard InChI is InChI=1S/C16H14N4O3/c1-23-13-8-10(6-7-17-13)9-18-16(22)14-11-4-2-3-5-12(11)15(21)20-19-14/h2-8H,9H2,1H3,(H,18,22)(H,20,21). The zero-order valence-electron chi connectivity index (χ0n) is 12.4. The normalized spacial score (nSPS) is 10.5. The predicted molar refractivity (Wildman–Crippen MR) is 84.3 cm³/mol. The van der Waals surface area contributed by atoms with E-state index < -0.39 is 0 Å². The number of rotatable bonds is 4. The topological polar surface area (TPSA) is 97.0 Å². The van der Waals surface area contributed by atoms with Crippen LogP contribution in [-0.2, 0) is 6.54 Å². The number of nitrogens with zero attached hydrogens (tertiary/aromatic N) is 2. The van der Waals surface area contributed by atoms with E-state index in [2.05, 4.69) is 20.5 Å². The molecule has 0 saturated heterocycles. The summed E-state index contributed by atoms with van der Waals surface area (Å²) in [4.78, 5) is 28.1. The third-order valence-corrected chi connectivity index (χ3v) is 3.37. The molecule has 116 valence electrons. The molecule has 2 heterocycles. The molecular weight excluding hydrogens is 296 g/mol. The number of benzene rings is 1. The van der Waals surface area contributed by atoms with E-state index in [1.807, 2.05) is 0 Å². The summed E-state index contributed by atoms with van der Waals surface area (Å²) in [6.45, 7) is 0.298. The third-order valence-electron chi connectivity index (χ3n) is 3.37. The fourth-order valence-corrected chi connectivity index (χ4v) is 2.23. The molecule has 2 N–H and O–H groups in total. The lowest BCUT2D eigenvalue weighted by Gasteiger charge is -2.07. The van der Waals surface area contributed by atoms with Gasteiger partial charge in [-0.15, -0.1) is 0 Å². The molecule has 0 unspecified atom stereocenters. The van der Waals surface area contributed by atoms with Crippen molar-refractivity contribution in [2.24, 2.45) is 0 Å². The molecule has 0 aliphatic carbocycles. The first kappa shape index (κ1) is 14.7. The van der Waals surface area contributed by atoms with Crippen LogP contribution in [0.15, 0.2) is 47.4 Å². The van der Waals surface area contributed by atoms with E-state index in [0.717, 1.165) is 5.56 Å². The minimum absolute atomic E-state index is 0.182. The van der Waals surface area contributed by atoms with E-state index in [1.54, 1.807) is 42.6 Å². The molecule has 7 heteroatoms. The number of methoxy groups -OCH3 is 1. The molecule has 3 aromatic rings. The van der Waals surface area contributed by atoms with Gasteiger partial charge in [-0.25, -0.2) is 10.1 Å². The van der Waals surface area contributed by atoms with Gasteiger partial charge in [0.25, 0.3) is 11.5 Å². The van der Waals surface area contributed by atoms with Gasteiger partial charge in [0, 0.05) is 24.2 Å². The number of hydrogen-bond acceptors (Lipinski definition) is 5. The van der Waals surface area contributed by atoms with Crippen LogP contribution in [0.5, 0.6) is 5.88 Å². The summed E-state index contributed by atoms with van der Waals surface area (Å²) in [6.07, 6.45) is 1.61. The van der Waals surface area contributed by atoms with Crippen LogP contribution in [-0.4, -0.2) is 28.2 Å². The second-order valence-corrected chi connectivity index (χ2v) is 4.84. The van der Waals surface area contributed by atoms with Gasteiger partial charge < -0.3 is 10.1 Å². The molecule has 0 radical (unpaired) electrons. The summed E-state index contributed by atoms with van der Waals surface area (Å²) in [6, 6.07) is 10.4. The number of fused-ring (bicyclic) bond motifs is 1. The van der Waals surface area contributed by atoms with Gasteiger partial charge in [0.1, 0.15) is 0 Å². The Labute approximate surface area is 131 Å². The summed E-state index contributed by atoms with van der Waals surface area (Å²) < 4.78 is 5.04. The Kier molecular flexibility index (Phi) is 4.01. The molecule has 23 heavy (non-hydrogen) atoms. The van der Waals surface area contributed by atoms with E-state index >= 15 is 0 Å². The minimum atomic E-state index is -0.367. The van der Waals surface area contributed by atoms with Crippen LogP contribution < -0.4 is 15.6 Å². The van der Waals surface area contributed by atoms with E-state index in [9.17, 15) is 9.59 Å². The smallest absolute Gasteiger partial charge is 0.272 e. The highest BCUT2D eigenvalue weighted by atomic mass is 16.5. The summed E-state index contributed by atoms with van der Waals surface area (Å²) in [5.74, 6) is 0.109. The average molecular weight is 310 g/mol. The summed E-state index contributed by atoms with van der Waals surface area (Å²) in [7, 11) is 1.53. The van der Waals surface area contributed by atoms with E-state index in [1.165, 1.54) is 7.11 Å². The molecule has 0 spiro atoms. The number of carbonyl (C=O) groups is 1. The number of amides is 1. The van der Waals surface area contributed by atoms with E-state index in [-0.39, 0.29) is 17.2 Å². The maximum Gasteiger partial charge on any atom is 0.272 e. The Hall–Kier alpha value is -3.22. The van der Waals surface area contributed by atoms with Gasteiger partial charge in [-0.1, -0.05) is 18.2 Å². The monoisotopic (exact) mass is 310 g/mol. The van der Waals surface area contributed by atoms with Crippen molar-refractivity contribution in [3.8, 4) is 5.88 Å². The average Bonchev–Trinajstić information content (AvgIpc) is 2.60. The van der Waals surface area contributed by atoms with Gasteiger partial charge in [0.2, 0.25) is 5.88 Å². The predicted octanol–water partition coefficient (Wildman–Crippen LogP) is 1.26. The van der Waals surface area contributed by atoms with Gasteiger partial charge >= 0.3 is 0 Å². The molecule has 1 amide bonds. The van der Waals surface area contributed by atoms with Crippen molar-refractivity contribution in [2.45, 2.75) is 6.54 Å². The molecular formula is C16H14N4O3. The van der Waals surface area contributed by atoms with Crippen molar-refractivity contribution in [3.05, 3.63) is 64.2 Å². The van der Waals surface area contributed by atoms with Crippen LogP contribution in [0.1, 0.15) is 16.1 Å². The Balaban J connectivity index is 1.84. The quantitative estimate of drug-likeness (QED) is 0.756. The molecule has 2 aromatic heterocycles. The van der Waals surface area contributed by atoms with Gasteiger partial charge in [-0.05, 0) is 17.7 Å². The van der Waals surface area contributed by atoms with Gasteiger partial charge in [-0.2, -0.15) is 5.10 Å². The molecule has 0 atom stereocenters. The second-order valence-electron chi connectivity index (χ2n) is 4.84. The molecule has 0 fully saturated rings. The first-order valence-electron chi connectivity index (χ1n) is 6.93. The van der Waals surface area contributed by atoms with Crippen LogP contribution in [0.25, 0.3) is 10.8 Å². The molecule has 3 rings (SSSR count). The lowest BCUT2D eigenvalue weighted by molar-refractivity contribution is 0.0946. The first-order chi connectivity index (χ1) is 11.2. The van der Waals surface area contributed by atoms with Crippen LogP contribution in [0.4, 0.5) is 0 Å². The lowest BCUT2D eigenvalue weighted by atomic mass is 10.1. The SMILES string of the molecule is COc1cc(CNC(=O)c2n[nH]c(=O)c3ccccc23)ccn1. The molecule has 1 aromatic carbocycles. The highest BCUT2D eigenvalue weighted by Gasteiger charge is 2.13. The van der Waals surface area contributed by atoms with E-state index in [4.69, 9.17) is 4.74 Å². The zero-order valence-corrected chi connectivity index (χ0v) is 12.4. The Bertz CT molecular complexity index is 920. The van der Waals surface area contributed by atoms with Crippen LogP contribution in [0.2, 0.25) is 0 Å². The first-order valence-corrected chi connectivity index (χ1v) is 6.93. The van der Waals surface area contributed by atoms with Crippen molar-refractivity contribution in [1.82, 2.24) is 20.5 Å². The van der Waals surface area contributed by atoms with Crippen LogP contribution in [0.3, 0.4) is 0 Å². The number of aromatic amines is 1. The Morgan fingerprint density at radius 2 is 2.04 bits per heavy atom. The minimum Gasteiger partial charge on any atom is -0.481 e. The molecule has 0 aliphatic rings. The number of carbonyl (C=O) groups excluding carboxylic acids is 1. The zero-order chi connectivity index (χ0) is 16.2. The number of pyridine rings is 1. The number of nitrogens with one attached hydrogen (secondary N) is 2. The lowest BCUT2D eigenvalue weighted by Crippen LogP contribution is -2.26.